The predicted octanol–water partition coefficient (Wildman–Crippen LogP) is 0.795. The number of sulfonamides is 1. The third-order valence-electron chi connectivity index (χ3n) is 2.10. The van der Waals surface area contributed by atoms with E-state index in [9.17, 15) is 8.42 Å². The number of ether oxygens (including phenoxy) is 2. The molecule has 1 heterocycles. The van der Waals surface area contributed by atoms with E-state index in [4.69, 9.17) is 9.47 Å². The number of aromatic nitrogens is 1. The number of anilines is 1. The minimum Gasteiger partial charge on any atom is -0.382 e. The molecule has 1 aromatic rings. The van der Waals surface area contributed by atoms with E-state index < -0.39 is 10.0 Å². The molecule has 0 amide bonds. The number of aryl methyl sites for hydroxylation is 1. The normalized spacial score (nSPS) is 11.4. The van der Waals surface area contributed by atoms with Gasteiger partial charge in [0, 0.05) is 19.0 Å². The van der Waals surface area contributed by atoms with Gasteiger partial charge in [0.25, 0.3) is 0 Å². The van der Waals surface area contributed by atoms with Gasteiger partial charge in [-0.1, -0.05) is 0 Å². The van der Waals surface area contributed by atoms with Crippen LogP contribution in [0.25, 0.3) is 0 Å². The van der Waals surface area contributed by atoms with Crippen LogP contribution in [0, 0.1) is 6.92 Å². The molecule has 0 atom stereocenters. The number of methoxy groups -OCH3 is 1. The molecular weight excluding hydrogens is 256 g/mol. The van der Waals surface area contributed by atoms with Crippen LogP contribution in [0.1, 0.15) is 5.69 Å². The van der Waals surface area contributed by atoms with Crippen molar-refractivity contribution in [1.82, 2.24) is 4.98 Å². The lowest BCUT2D eigenvalue weighted by Crippen LogP contribution is -2.21. The minimum atomic E-state index is -3.38. The summed E-state index contributed by atoms with van der Waals surface area (Å²) in [6.45, 7) is 2.78. The molecule has 0 saturated heterocycles. The molecule has 1 rings (SSSR count). The van der Waals surface area contributed by atoms with Crippen LogP contribution >= 0.6 is 0 Å². The van der Waals surface area contributed by atoms with E-state index in [0.29, 0.717) is 18.9 Å². The average Bonchev–Trinajstić information content (AvgIpc) is 2.28. The summed E-state index contributed by atoms with van der Waals surface area (Å²) in [5, 5.41) is 0. The van der Waals surface area contributed by atoms with Gasteiger partial charge in [-0.2, -0.15) is 0 Å². The molecule has 18 heavy (non-hydrogen) atoms. The topological polar surface area (TPSA) is 77.5 Å². The third kappa shape index (κ3) is 5.95. The second-order valence-electron chi connectivity index (χ2n) is 3.71. The molecule has 6 nitrogen and oxygen atoms in total. The Hall–Kier alpha value is -1.18. The van der Waals surface area contributed by atoms with Crippen molar-refractivity contribution in [2.75, 3.05) is 37.4 Å². The van der Waals surface area contributed by atoms with Crippen molar-refractivity contribution < 1.29 is 17.9 Å². The molecule has 0 bridgehead atoms. The molecule has 1 aromatic heterocycles. The van der Waals surface area contributed by atoms with Gasteiger partial charge in [0.15, 0.2) is 0 Å². The Labute approximate surface area is 107 Å². The molecule has 7 heteroatoms. The van der Waals surface area contributed by atoms with Crippen LogP contribution in [0.15, 0.2) is 18.3 Å². The van der Waals surface area contributed by atoms with Gasteiger partial charge >= 0.3 is 0 Å². The monoisotopic (exact) mass is 274 g/mol. The molecular formula is C11H18N2O4S. The maximum absolute atomic E-state index is 11.7. The Balaban J connectivity index is 2.40. The lowest BCUT2D eigenvalue weighted by Gasteiger charge is -2.08. The van der Waals surface area contributed by atoms with Crippen LogP contribution < -0.4 is 4.72 Å². The first kappa shape index (κ1) is 14.9. The van der Waals surface area contributed by atoms with Crippen LogP contribution in [-0.2, 0) is 19.5 Å². The summed E-state index contributed by atoms with van der Waals surface area (Å²) in [5.41, 5.74) is 1.27. The average molecular weight is 274 g/mol. The Morgan fingerprint density at radius 3 is 2.78 bits per heavy atom. The van der Waals surface area contributed by atoms with Crippen LogP contribution in [0.2, 0.25) is 0 Å². The maximum atomic E-state index is 11.7. The van der Waals surface area contributed by atoms with E-state index in [-0.39, 0.29) is 12.4 Å². The fraction of sp³-hybridized carbons (Fsp3) is 0.545. The first-order chi connectivity index (χ1) is 8.53. The van der Waals surface area contributed by atoms with Crippen molar-refractivity contribution in [3.05, 3.63) is 24.0 Å². The highest BCUT2D eigenvalue weighted by Gasteiger charge is 2.10. The Bertz CT molecular complexity index is 462. The largest absolute Gasteiger partial charge is 0.382 e. The summed E-state index contributed by atoms with van der Waals surface area (Å²) in [5.74, 6) is -0.0852. The number of nitrogens with zero attached hydrogens (tertiary/aromatic N) is 1. The SMILES string of the molecule is COCCOCCS(=O)(=O)Nc1ccnc(C)c1. The summed E-state index contributed by atoms with van der Waals surface area (Å²) in [6.07, 6.45) is 1.56. The van der Waals surface area contributed by atoms with Crippen LogP contribution in [0.5, 0.6) is 0 Å². The number of pyridine rings is 1. The molecule has 0 fully saturated rings. The second-order valence-corrected chi connectivity index (χ2v) is 5.55. The van der Waals surface area contributed by atoms with Gasteiger partial charge in [0.1, 0.15) is 0 Å². The summed E-state index contributed by atoms with van der Waals surface area (Å²) in [6, 6.07) is 3.28. The summed E-state index contributed by atoms with van der Waals surface area (Å²) >= 11 is 0. The smallest absolute Gasteiger partial charge is 0.235 e. The van der Waals surface area contributed by atoms with E-state index in [2.05, 4.69) is 9.71 Å². The van der Waals surface area contributed by atoms with E-state index in [0.717, 1.165) is 5.69 Å². The zero-order valence-electron chi connectivity index (χ0n) is 10.5. The lowest BCUT2D eigenvalue weighted by atomic mass is 10.3. The maximum Gasteiger partial charge on any atom is 0.235 e. The van der Waals surface area contributed by atoms with Crippen LogP contribution in [-0.4, -0.2) is 46.1 Å². The van der Waals surface area contributed by atoms with Crippen molar-refractivity contribution >= 4 is 15.7 Å². The standard InChI is InChI=1S/C11H18N2O4S/c1-10-9-11(3-4-12-10)13-18(14,15)8-7-17-6-5-16-2/h3-4,9H,5-8H2,1-2H3,(H,12,13). The molecule has 0 aliphatic carbocycles. The predicted molar refractivity (Wildman–Crippen MR) is 69.1 cm³/mol. The Morgan fingerprint density at radius 1 is 1.33 bits per heavy atom. The minimum absolute atomic E-state index is 0.0852. The fourth-order valence-electron chi connectivity index (χ4n) is 1.25. The summed E-state index contributed by atoms with van der Waals surface area (Å²) in [7, 11) is -1.82. The summed E-state index contributed by atoms with van der Waals surface area (Å²) in [4.78, 5) is 3.99. The van der Waals surface area contributed by atoms with E-state index in [1.165, 1.54) is 0 Å². The molecule has 102 valence electrons. The van der Waals surface area contributed by atoms with Gasteiger partial charge in [0.2, 0.25) is 10.0 Å². The quantitative estimate of drug-likeness (QED) is 0.709. The first-order valence-electron chi connectivity index (χ1n) is 5.53. The van der Waals surface area contributed by atoms with E-state index >= 15 is 0 Å². The number of nitrogens with one attached hydrogen (secondary N) is 1. The van der Waals surface area contributed by atoms with Crippen molar-refractivity contribution in [2.45, 2.75) is 6.92 Å². The summed E-state index contributed by atoms with van der Waals surface area (Å²) < 4.78 is 35.8. The van der Waals surface area contributed by atoms with Gasteiger partial charge < -0.3 is 9.47 Å². The molecule has 0 aromatic carbocycles. The van der Waals surface area contributed by atoms with Gasteiger partial charge in [-0.15, -0.1) is 0 Å². The Morgan fingerprint density at radius 2 is 2.11 bits per heavy atom. The molecule has 0 aliphatic rings. The highest BCUT2D eigenvalue weighted by atomic mass is 32.2. The molecule has 0 saturated carbocycles. The number of hydrogen-bond acceptors (Lipinski definition) is 5. The zero-order valence-corrected chi connectivity index (χ0v) is 11.4. The fourth-order valence-corrected chi connectivity index (χ4v) is 2.18. The molecule has 0 spiro atoms. The molecule has 1 N–H and O–H groups in total. The van der Waals surface area contributed by atoms with Gasteiger partial charge in [0.05, 0.1) is 31.3 Å². The number of hydrogen-bond donors (Lipinski definition) is 1. The van der Waals surface area contributed by atoms with Crippen molar-refractivity contribution in [2.24, 2.45) is 0 Å². The van der Waals surface area contributed by atoms with Gasteiger partial charge in [-0.25, -0.2) is 8.42 Å². The second kappa shape index (κ2) is 7.30. The van der Waals surface area contributed by atoms with Crippen LogP contribution in [0.3, 0.4) is 0 Å². The molecule has 0 radical (unpaired) electrons. The zero-order chi connectivity index (χ0) is 13.4. The molecule has 0 aliphatic heterocycles. The van der Waals surface area contributed by atoms with Gasteiger partial charge in [-0.3, -0.25) is 9.71 Å². The first-order valence-corrected chi connectivity index (χ1v) is 7.18. The van der Waals surface area contributed by atoms with Crippen molar-refractivity contribution in [3.63, 3.8) is 0 Å². The van der Waals surface area contributed by atoms with E-state index in [1.807, 2.05) is 0 Å². The van der Waals surface area contributed by atoms with Crippen molar-refractivity contribution in [3.8, 4) is 0 Å². The third-order valence-corrected chi connectivity index (χ3v) is 3.35. The number of rotatable bonds is 8. The highest BCUT2D eigenvalue weighted by molar-refractivity contribution is 7.92. The Kier molecular flexibility index (Phi) is 6.03. The van der Waals surface area contributed by atoms with E-state index in [1.54, 1.807) is 32.4 Å². The van der Waals surface area contributed by atoms with Crippen molar-refractivity contribution in [1.29, 1.82) is 0 Å². The van der Waals surface area contributed by atoms with Gasteiger partial charge in [-0.05, 0) is 19.1 Å². The highest BCUT2D eigenvalue weighted by Crippen LogP contribution is 2.09. The lowest BCUT2D eigenvalue weighted by molar-refractivity contribution is 0.0785. The van der Waals surface area contributed by atoms with Crippen LogP contribution in [0.4, 0.5) is 5.69 Å². The molecule has 0 unspecified atom stereocenters.